The lowest BCUT2D eigenvalue weighted by Gasteiger charge is -2.33. The van der Waals surface area contributed by atoms with Gasteiger partial charge in [-0.3, -0.25) is 9.48 Å². The van der Waals surface area contributed by atoms with Gasteiger partial charge in [-0.1, -0.05) is 36.4 Å². The maximum Gasteiger partial charge on any atom is 0.233 e. The molecule has 0 saturated carbocycles. The van der Waals surface area contributed by atoms with Crippen LogP contribution in [0.3, 0.4) is 0 Å². The van der Waals surface area contributed by atoms with Crippen molar-refractivity contribution in [3.63, 3.8) is 0 Å². The fourth-order valence-corrected chi connectivity index (χ4v) is 4.07. The predicted octanol–water partition coefficient (Wildman–Crippen LogP) is 4.27. The van der Waals surface area contributed by atoms with Gasteiger partial charge in [0.1, 0.15) is 0 Å². The van der Waals surface area contributed by atoms with Crippen molar-refractivity contribution in [1.29, 1.82) is 0 Å². The zero-order valence-electron chi connectivity index (χ0n) is 18.8. The fourth-order valence-electron chi connectivity index (χ4n) is 4.07. The third-order valence-electron chi connectivity index (χ3n) is 6.14. The van der Waals surface area contributed by atoms with Gasteiger partial charge in [-0.15, -0.1) is 0 Å². The van der Waals surface area contributed by atoms with Crippen molar-refractivity contribution >= 4 is 5.91 Å². The van der Waals surface area contributed by atoms with E-state index < -0.39 is 5.41 Å². The molecule has 4 rings (SSSR count). The van der Waals surface area contributed by atoms with E-state index in [1.54, 1.807) is 0 Å². The third kappa shape index (κ3) is 4.02. The molecule has 6 heteroatoms. The number of carbonyl (C=O) groups excluding carboxylic acids is 1. The number of amides is 1. The van der Waals surface area contributed by atoms with Gasteiger partial charge in [0.2, 0.25) is 12.7 Å². The first-order valence-corrected chi connectivity index (χ1v) is 10.5. The SMILES string of the molecule is Cc1nn(C)c(C)c1CN(Cc1ccc2c(c1)OCO2)C(=O)C(C)(C)c1ccccc1. The Bertz CT molecular complexity index is 1100. The molecular weight excluding hydrogens is 390 g/mol. The van der Waals surface area contributed by atoms with Crippen molar-refractivity contribution < 1.29 is 14.3 Å². The van der Waals surface area contributed by atoms with Crippen molar-refractivity contribution in [3.05, 3.63) is 76.6 Å². The van der Waals surface area contributed by atoms with Crippen molar-refractivity contribution in [3.8, 4) is 11.5 Å². The number of fused-ring (bicyclic) bond motifs is 1. The molecule has 0 N–H and O–H groups in total. The van der Waals surface area contributed by atoms with Crippen LogP contribution in [0.2, 0.25) is 0 Å². The highest BCUT2D eigenvalue weighted by Gasteiger charge is 2.34. The highest BCUT2D eigenvalue weighted by molar-refractivity contribution is 5.87. The number of aromatic nitrogens is 2. The molecule has 162 valence electrons. The normalized spacial score (nSPS) is 12.8. The summed E-state index contributed by atoms with van der Waals surface area (Å²) in [6.45, 7) is 9.21. The Labute approximate surface area is 183 Å². The first-order chi connectivity index (χ1) is 14.8. The van der Waals surface area contributed by atoms with Gasteiger partial charge >= 0.3 is 0 Å². The number of benzene rings is 2. The fraction of sp³-hybridized carbons (Fsp3) is 0.360. The Balaban J connectivity index is 1.69. The summed E-state index contributed by atoms with van der Waals surface area (Å²) >= 11 is 0. The summed E-state index contributed by atoms with van der Waals surface area (Å²) in [4.78, 5) is 15.8. The zero-order chi connectivity index (χ0) is 22.2. The molecule has 2 heterocycles. The van der Waals surface area contributed by atoms with Gasteiger partial charge in [-0.2, -0.15) is 5.10 Å². The number of hydrogen-bond donors (Lipinski definition) is 0. The molecule has 0 fully saturated rings. The van der Waals surface area contributed by atoms with Crippen LogP contribution in [0.15, 0.2) is 48.5 Å². The van der Waals surface area contributed by atoms with Gasteiger partial charge in [0, 0.05) is 31.4 Å². The molecular formula is C25H29N3O3. The Morgan fingerprint density at radius 3 is 2.45 bits per heavy atom. The summed E-state index contributed by atoms with van der Waals surface area (Å²) < 4.78 is 12.8. The van der Waals surface area contributed by atoms with Gasteiger partial charge in [0.15, 0.2) is 11.5 Å². The summed E-state index contributed by atoms with van der Waals surface area (Å²) in [7, 11) is 1.93. The van der Waals surface area contributed by atoms with Crippen LogP contribution < -0.4 is 9.47 Å². The Kier molecular flexibility index (Phi) is 5.48. The van der Waals surface area contributed by atoms with E-state index in [-0.39, 0.29) is 12.7 Å². The van der Waals surface area contributed by atoms with Crippen LogP contribution in [-0.4, -0.2) is 27.4 Å². The lowest BCUT2D eigenvalue weighted by atomic mass is 9.83. The smallest absolute Gasteiger partial charge is 0.233 e. The first-order valence-electron chi connectivity index (χ1n) is 10.5. The van der Waals surface area contributed by atoms with Crippen LogP contribution in [0, 0.1) is 13.8 Å². The molecule has 0 atom stereocenters. The standard InChI is InChI=1S/C25H29N3O3/c1-17-21(18(2)27(5)26-17)15-28(14-19-11-12-22-23(13-19)31-16-30-22)24(29)25(3,4)20-9-7-6-8-10-20/h6-13H,14-16H2,1-5H3. The van der Waals surface area contributed by atoms with E-state index in [0.29, 0.717) is 13.1 Å². The Morgan fingerprint density at radius 2 is 1.77 bits per heavy atom. The number of rotatable bonds is 6. The van der Waals surface area contributed by atoms with E-state index in [1.807, 2.05) is 92.9 Å². The number of aryl methyl sites for hydroxylation is 2. The maximum absolute atomic E-state index is 13.9. The minimum atomic E-state index is -0.665. The molecule has 1 aliphatic heterocycles. The molecule has 0 radical (unpaired) electrons. The van der Waals surface area contributed by atoms with Crippen molar-refractivity contribution in [2.45, 2.75) is 46.2 Å². The average Bonchev–Trinajstić information content (AvgIpc) is 3.32. The summed E-state index contributed by atoms with van der Waals surface area (Å²) in [5.41, 5.74) is 4.43. The van der Waals surface area contributed by atoms with E-state index in [4.69, 9.17) is 9.47 Å². The predicted molar refractivity (Wildman–Crippen MR) is 119 cm³/mol. The zero-order valence-corrected chi connectivity index (χ0v) is 18.8. The summed E-state index contributed by atoms with van der Waals surface area (Å²) in [5, 5.41) is 4.54. The molecule has 6 nitrogen and oxygen atoms in total. The van der Waals surface area contributed by atoms with E-state index >= 15 is 0 Å². The van der Waals surface area contributed by atoms with E-state index in [2.05, 4.69) is 5.10 Å². The van der Waals surface area contributed by atoms with E-state index in [9.17, 15) is 4.79 Å². The summed E-state index contributed by atoms with van der Waals surface area (Å²) in [6.07, 6.45) is 0. The van der Waals surface area contributed by atoms with Gasteiger partial charge < -0.3 is 14.4 Å². The summed E-state index contributed by atoms with van der Waals surface area (Å²) in [5.74, 6) is 1.53. The molecule has 0 unspecified atom stereocenters. The third-order valence-corrected chi connectivity index (χ3v) is 6.14. The molecule has 31 heavy (non-hydrogen) atoms. The van der Waals surface area contributed by atoms with Crippen LogP contribution in [0.1, 0.15) is 41.9 Å². The van der Waals surface area contributed by atoms with Crippen molar-refractivity contribution in [2.24, 2.45) is 7.05 Å². The molecule has 1 aromatic heterocycles. The Hall–Kier alpha value is -3.28. The van der Waals surface area contributed by atoms with Crippen LogP contribution in [-0.2, 0) is 30.3 Å². The Morgan fingerprint density at radius 1 is 1.06 bits per heavy atom. The van der Waals surface area contributed by atoms with Crippen LogP contribution >= 0.6 is 0 Å². The quantitative estimate of drug-likeness (QED) is 0.599. The second-order valence-electron chi connectivity index (χ2n) is 8.61. The lowest BCUT2D eigenvalue weighted by Crippen LogP contribution is -2.43. The monoisotopic (exact) mass is 419 g/mol. The molecule has 0 saturated heterocycles. The van der Waals surface area contributed by atoms with Gasteiger partial charge in [0.05, 0.1) is 11.1 Å². The molecule has 0 spiro atoms. The largest absolute Gasteiger partial charge is 0.454 e. The number of carbonyl (C=O) groups is 1. The second kappa shape index (κ2) is 8.10. The number of hydrogen-bond acceptors (Lipinski definition) is 4. The van der Waals surface area contributed by atoms with Crippen LogP contribution in [0.4, 0.5) is 0 Å². The molecule has 1 aliphatic rings. The van der Waals surface area contributed by atoms with E-state index in [1.165, 1.54) is 0 Å². The van der Waals surface area contributed by atoms with E-state index in [0.717, 1.165) is 39.6 Å². The molecule has 0 aliphatic carbocycles. The second-order valence-corrected chi connectivity index (χ2v) is 8.61. The summed E-state index contributed by atoms with van der Waals surface area (Å²) in [6, 6.07) is 15.8. The number of ether oxygens (including phenoxy) is 2. The minimum Gasteiger partial charge on any atom is -0.454 e. The minimum absolute atomic E-state index is 0.0685. The molecule has 0 bridgehead atoms. The number of nitrogens with zero attached hydrogens (tertiary/aromatic N) is 3. The highest BCUT2D eigenvalue weighted by Crippen LogP contribution is 2.34. The van der Waals surface area contributed by atoms with Gasteiger partial charge in [-0.25, -0.2) is 0 Å². The first kappa shape index (κ1) is 21.0. The molecule has 3 aromatic rings. The lowest BCUT2D eigenvalue weighted by molar-refractivity contribution is -0.137. The highest BCUT2D eigenvalue weighted by atomic mass is 16.7. The molecule has 2 aromatic carbocycles. The average molecular weight is 420 g/mol. The maximum atomic E-state index is 13.9. The van der Waals surface area contributed by atoms with Crippen molar-refractivity contribution in [2.75, 3.05) is 6.79 Å². The molecule has 1 amide bonds. The van der Waals surface area contributed by atoms with Crippen molar-refractivity contribution in [1.82, 2.24) is 14.7 Å². The van der Waals surface area contributed by atoms with Gasteiger partial charge in [0.25, 0.3) is 0 Å². The van der Waals surface area contributed by atoms with Gasteiger partial charge in [-0.05, 0) is 51.0 Å². The van der Waals surface area contributed by atoms with Crippen LogP contribution in [0.5, 0.6) is 11.5 Å². The van der Waals surface area contributed by atoms with Crippen LogP contribution in [0.25, 0.3) is 0 Å². The topological polar surface area (TPSA) is 56.6 Å².